The van der Waals surface area contributed by atoms with E-state index < -0.39 is 17.7 Å². The molecule has 1 unspecified atom stereocenters. The van der Waals surface area contributed by atoms with Crippen molar-refractivity contribution in [2.75, 3.05) is 17.7 Å². The quantitative estimate of drug-likeness (QED) is 0.121. The van der Waals surface area contributed by atoms with Crippen LogP contribution < -0.4 is 21.7 Å². The number of methoxy groups -OCH3 is 1. The Kier molecular flexibility index (Phi) is 13.9. The number of ether oxygens (including phenoxy) is 1. The summed E-state index contributed by atoms with van der Waals surface area (Å²) >= 11 is 0. The van der Waals surface area contributed by atoms with E-state index in [-0.39, 0.29) is 28.9 Å². The van der Waals surface area contributed by atoms with Gasteiger partial charge in [-0.1, -0.05) is 45.9 Å². The molecule has 0 spiro atoms. The summed E-state index contributed by atoms with van der Waals surface area (Å²) < 4.78 is 45.3. The Labute approximate surface area is 234 Å². The zero-order valence-corrected chi connectivity index (χ0v) is 24.0. The number of nitrogens with one attached hydrogen (secondary N) is 3. The first-order valence-electron chi connectivity index (χ1n) is 13.0. The summed E-state index contributed by atoms with van der Waals surface area (Å²) in [7, 11) is 1.24. The van der Waals surface area contributed by atoms with Crippen LogP contribution in [0.2, 0.25) is 0 Å². The third-order valence-corrected chi connectivity index (χ3v) is 5.31. The molecule has 5 N–H and O–H groups in total. The van der Waals surface area contributed by atoms with Gasteiger partial charge in [-0.05, 0) is 61.9 Å². The van der Waals surface area contributed by atoms with Gasteiger partial charge in [0, 0.05) is 17.8 Å². The number of esters is 1. The summed E-state index contributed by atoms with van der Waals surface area (Å²) in [6, 6.07) is 14.6. The highest BCUT2D eigenvalue weighted by atomic mass is 19.4. The van der Waals surface area contributed by atoms with Crippen molar-refractivity contribution >= 4 is 34.5 Å². The maximum atomic E-state index is 13.5. The van der Waals surface area contributed by atoms with E-state index in [0.717, 1.165) is 17.7 Å². The van der Waals surface area contributed by atoms with Crippen molar-refractivity contribution < 1.29 is 27.5 Å². The van der Waals surface area contributed by atoms with Gasteiger partial charge in [-0.15, -0.1) is 0 Å². The lowest BCUT2D eigenvalue weighted by Crippen LogP contribution is -2.33. The van der Waals surface area contributed by atoms with Crippen LogP contribution in [0.25, 0.3) is 0 Å². The van der Waals surface area contributed by atoms with Crippen LogP contribution in [0.15, 0.2) is 60.7 Å². The lowest BCUT2D eigenvalue weighted by molar-refractivity contribution is -0.137. The molecule has 3 aromatic carbocycles. The molecule has 218 valence electrons. The molecule has 0 aromatic heterocycles. The fourth-order valence-electron chi connectivity index (χ4n) is 3.48. The zero-order chi connectivity index (χ0) is 30.5. The molecule has 0 amide bonds. The molecule has 1 atom stereocenters. The second kappa shape index (κ2) is 16.3. The van der Waals surface area contributed by atoms with Gasteiger partial charge in [0.25, 0.3) is 0 Å². The number of carbonyl (C=O) groups excluding carboxylic acids is 2. The third-order valence-electron chi connectivity index (χ3n) is 5.31. The van der Waals surface area contributed by atoms with E-state index in [0.29, 0.717) is 23.5 Å². The van der Waals surface area contributed by atoms with Gasteiger partial charge in [-0.25, -0.2) is 4.79 Å². The van der Waals surface area contributed by atoms with Gasteiger partial charge in [0.2, 0.25) is 0 Å². The maximum Gasteiger partial charge on any atom is 0.416 e. The van der Waals surface area contributed by atoms with Crippen LogP contribution in [0.4, 0.5) is 35.9 Å². The number of rotatable bonds is 9. The van der Waals surface area contributed by atoms with Gasteiger partial charge >= 0.3 is 12.1 Å². The topological polar surface area (TPSA) is 105 Å². The first-order chi connectivity index (χ1) is 19.0. The molecule has 40 heavy (non-hydrogen) atoms. The molecule has 0 aliphatic rings. The van der Waals surface area contributed by atoms with Gasteiger partial charge < -0.3 is 21.1 Å². The summed E-state index contributed by atoms with van der Waals surface area (Å²) in [6.45, 7) is 11.6. The molecule has 0 aliphatic carbocycles. The minimum Gasteiger partial charge on any atom is -0.465 e. The third kappa shape index (κ3) is 9.69. The molecule has 0 saturated heterocycles. The first-order valence-corrected chi connectivity index (χ1v) is 13.0. The van der Waals surface area contributed by atoms with Crippen LogP contribution in [0.5, 0.6) is 0 Å². The highest BCUT2D eigenvalue weighted by Crippen LogP contribution is 2.37. The standard InChI is InChI=1S/C26H27F3N4O3.2C2H6/c1-15(34)20-12-17(14-31-16(2)30)8-10-22(20)33-24-13-18(26(27,28)29)9-11-23(24)32-21-7-5-4-6-19(21)25(35)36-3;2*1-2/h4-13,16,31-33H,14,30H2,1-3H3;2*1-2H3. The average molecular weight is 561 g/mol. The summed E-state index contributed by atoms with van der Waals surface area (Å²) in [5.41, 5.74) is 7.14. The summed E-state index contributed by atoms with van der Waals surface area (Å²) in [6.07, 6.45) is -4.84. The first kappa shape index (κ1) is 34.1. The van der Waals surface area contributed by atoms with Gasteiger partial charge in [-0.3, -0.25) is 10.1 Å². The van der Waals surface area contributed by atoms with E-state index in [9.17, 15) is 22.8 Å². The molecule has 10 heteroatoms. The number of anilines is 4. The number of benzene rings is 3. The van der Waals surface area contributed by atoms with Gasteiger partial charge in [0.15, 0.2) is 5.78 Å². The normalized spacial score (nSPS) is 11.2. The van der Waals surface area contributed by atoms with Crippen LogP contribution in [-0.2, 0) is 17.5 Å². The minimum atomic E-state index is -4.59. The largest absolute Gasteiger partial charge is 0.465 e. The van der Waals surface area contributed by atoms with E-state index in [4.69, 9.17) is 10.5 Å². The summed E-state index contributed by atoms with van der Waals surface area (Å²) in [5, 5.41) is 9.02. The molecule has 0 aliphatic heterocycles. The Balaban J connectivity index is 0.00000191. The van der Waals surface area contributed by atoms with Crippen LogP contribution in [-0.4, -0.2) is 25.0 Å². The number of carbonyl (C=O) groups is 2. The molecular formula is C30H39F3N4O3. The molecule has 0 saturated carbocycles. The summed E-state index contributed by atoms with van der Waals surface area (Å²) in [4.78, 5) is 24.5. The Morgan fingerprint density at radius 1 is 0.850 bits per heavy atom. The average Bonchev–Trinajstić information content (AvgIpc) is 2.94. The van der Waals surface area contributed by atoms with Crippen LogP contribution in [0.1, 0.15) is 73.4 Å². The molecule has 7 nitrogen and oxygen atoms in total. The monoisotopic (exact) mass is 560 g/mol. The number of halogens is 3. The predicted octanol–water partition coefficient (Wildman–Crippen LogP) is 7.63. The van der Waals surface area contributed by atoms with Gasteiger partial charge in [0.1, 0.15) is 0 Å². The Bertz CT molecular complexity index is 1260. The van der Waals surface area contributed by atoms with Crippen molar-refractivity contribution in [3.63, 3.8) is 0 Å². The number of ketones is 1. The second-order valence-corrected chi connectivity index (χ2v) is 8.15. The van der Waals surface area contributed by atoms with Crippen molar-refractivity contribution in [1.82, 2.24) is 5.32 Å². The van der Waals surface area contributed by atoms with E-state index in [1.165, 1.54) is 26.2 Å². The maximum absolute atomic E-state index is 13.5. The molecule has 0 radical (unpaired) electrons. The fraction of sp³-hybridized carbons (Fsp3) is 0.333. The molecular weight excluding hydrogens is 521 g/mol. The van der Waals surface area contributed by atoms with Crippen LogP contribution in [0.3, 0.4) is 0 Å². The number of hydrogen-bond donors (Lipinski definition) is 4. The molecule has 3 rings (SSSR count). The second-order valence-electron chi connectivity index (χ2n) is 8.15. The van der Waals surface area contributed by atoms with Crippen molar-refractivity contribution in [3.8, 4) is 0 Å². The highest BCUT2D eigenvalue weighted by molar-refractivity contribution is 6.01. The molecule has 3 aromatic rings. The van der Waals surface area contributed by atoms with Crippen LogP contribution >= 0.6 is 0 Å². The Morgan fingerprint density at radius 3 is 2.00 bits per heavy atom. The molecule has 0 bridgehead atoms. The van der Waals surface area contributed by atoms with Gasteiger partial charge in [-0.2, -0.15) is 13.2 Å². The number of hydrogen-bond acceptors (Lipinski definition) is 7. The van der Waals surface area contributed by atoms with Gasteiger partial charge in [0.05, 0.1) is 41.5 Å². The smallest absolute Gasteiger partial charge is 0.416 e. The van der Waals surface area contributed by atoms with Crippen molar-refractivity contribution in [3.05, 3.63) is 82.9 Å². The van der Waals surface area contributed by atoms with Crippen LogP contribution in [0, 0.1) is 0 Å². The SMILES string of the molecule is CC.CC.COC(=O)c1ccccc1Nc1ccc(C(F)(F)F)cc1Nc1ccc(CNC(C)N)cc1C(C)=O. The molecule has 0 heterocycles. The lowest BCUT2D eigenvalue weighted by Gasteiger charge is -2.19. The predicted molar refractivity (Wildman–Crippen MR) is 155 cm³/mol. The van der Waals surface area contributed by atoms with Crippen molar-refractivity contribution in [1.29, 1.82) is 0 Å². The number of para-hydroxylation sites is 1. The Hall–Kier alpha value is -3.89. The van der Waals surface area contributed by atoms with Crippen molar-refractivity contribution in [2.45, 2.75) is 60.4 Å². The van der Waals surface area contributed by atoms with E-state index in [2.05, 4.69) is 16.0 Å². The lowest BCUT2D eigenvalue weighted by atomic mass is 10.0. The number of Topliss-reactive ketones (excluding diaryl/α,β-unsaturated/α-hetero) is 1. The van der Waals surface area contributed by atoms with E-state index in [1.54, 1.807) is 43.3 Å². The minimum absolute atomic E-state index is 0.0634. The Morgan fingerprint density at radius 2 is 1.43 bits per heavy atom. The molecule has 0 fully saturated rings. The van der Waals surface area contributed by atoms with E-state index >= 15 is 0 Å². The number of alkyl halides is 3. The van der Waals surface area contributed by atoms with Crippen molar-refractivity contribution in [2.24, 2.45) is 5.73 Å². The highest BCUT2D eigenvalue weighted by Gasteiger charge is 2.31. The van der Waals surface area contributed by atoms with E-state index in [1.807, 2.05) is 27.7 Å². The summed E-state index contributed by atoms with van der Waals surface area (Å²) in [5.74, 6) is -0.868. The zero-order valence-electron chi connectivity index (χ0n) is 24.0. The fourth-order valence-corrected chi connectivity index (χ4v) is 3.48. The number of nitrogens with two attached hydrogens (primary N) is 1.